The maximum absolute atomic E-state index is 6.00. The van der Waals surface area contributed by atoms with E-state index in [0.717, 1.165) is 5.56 Å². The lowest BCUT2D eigenvalue weighted by molar-refractivity contribution is 0.841. The van der Waals surface area contributed by atoms with Crippen LogP contribution in [0, 0.1) is 0 Å². The van der Waals surface area contributed by atoms with Crippen LogP contribution < -0.4 is 5.84 Å². The Labute approximate surface area is 109 Å². The summed E-state index contributed by atoms with van der Waals surface area (Å²) in [4.78, 5) is 0. The van der Waals surface area contributed by atoms with Crippen LogP contribution in [0.4, 0.5) is 5.95 Å². The van der Waals surface area contributed by atoms with Gasteiger partial charge >= 0.3 is 0 Å². The Morgan fingerprint density at radius 3 is 2.78 bits per heavy atom. The van der Waals surface area contributed by atoms with E-state index >= 15 is 0 Å². The Balaban J connectivity index is 2.08. The predicted molar refractivity (Wildman–Crippen MR) is 69.2 cm³/mol. The van der Waals surface area contributed by atoms with Gasteiger partial charge in [-0.2, -0.15) is 5.11 Å². The van der Waals surface area contributed by atoms with Gasteiger partial charge in [-0.15, -0.1) is 15.3 Å². The Bertz CT molecular complexity index is 562. The van der Waals surface area contributed by atoms with E-state index in [1.807, 2.05) is 31.2 Å². The fraction of sp³-hybridized carbons (Fsp3) is 0.273. The van der Waals surface area contributed by atoms with Crippen molar-refractivity contribution in [1.29, 1.82) is 0 Å². The summed E-state index contributed by atoms with van der Waals surface area (Å²) in [5, 5.41) is 16.3. The summed E-state index contributed by atoms with van der Waals surface area (Å²) in [6.07, 6.45) is 0.698. The molecule has 94 valence electrons. The van der Waals surface area contributed by atoms with E-state index < -0.39 is 0 Å². The molecule has 0 aliphatic rings. The summed E-state index contributed by atoms with van der Waals surface area (Å²) < 4.78 is 1.33. The molecule has 0 saturated heterocycles. The van der Waals surface area contributed by atoms with Crippen LogP contribution in [-0.4, -0.2) is 14.9 Å². The molecule has 0 amide bonds. The zero-order valence-corrected chi connectivity index (χ0v) is 10.7. The van der Waals surface area contributed by atoms with Crippen LogP contribution in [0.3, 0.4) is 0 Å². The molecule has 0 aliphatic heterocycles. The molecular formula is C11H13ClN6. The highest BCUT2D eigenvalue weighted by Gasteiger charge is 2.06. The number of halogens is 1. The minimum Gasteiger partial charge on any atom is -0.335 e. The standard InChI is InChI=1S/C11H13ClN6/c1-2-10-15-17-11(18(10)13)16-14-7-8-5-3-4-6-9(8)12/h3-6H,2,7,13H2,1H3. The van der Waals surface area contributed by atoms with Crippen LogP contribution in [0.5, 0.6) is 0 Å². The van der Waals surface area contributed by atoms with E-state index in [0.29, 0.717) is 29.8 Å². The molecule has 0 unspecified atom stereocenters. The second-order valence-electron chi connectivity index (χ2n) is 3.63. The van der Waals surface area contributed by atoms with Crippen LogP contribution in [0.15, 0.2) is 34.5 Å². The number of nitrogens with zero attached hydrogens (tertiary/aromatic N) is 5. The number of hydrogen-bond acceptors (Lipinski definition) is 5. The van der Waals surface area contributed by atoms with Gasteiger partial charge in [0.1, 0.15) is 0 Å². The predicted octanol–water partition coefficient (Wildman–Crippen LogP) is 2.49. The molecule has 0 fully saturated rings. The summed E-state index contributed by atoms with van der Waals surface area (Å²) in [6.45, 7) is 2.33. The third kappa shape index (κ3) is 2.65. The SMILES string of the molecule is CCc1nnc(N=NCc2ccccc2Cl)n1N. The van der Waals surface area contributed by atoms with Crippen molar-refractivity contribution in [3.05, 3.63) is 40.7 Å². The number of aryl methyl sites for hydroxylation is 1. The summed E-state index contributed by atoms with van der Waals surface area (Å²) in [5.74, 6) is 6.69. The molecular weight excluding hydrogens is 252 g/mol. The highest BCUT2D eigenvalue weighted by atomic mass is 35.5. The van der Waals surface area contributed by atoms with Gasteiger partial charge in [-0.05, 0) is 11.6 Å². The van der Waals surface area contributed by atoms with Crippen molar-refractivity contribution in [1.82, 2.24) is 14.9 Å². The van der Waals surface area contributed by atoms with E-state index in [9.17, 15) is 0 Å². The average Bonchev–Trinajstić information content (AvgIpc) is 2.73. The van der Waals surface area contributed by atoms with Crippen molar-refractivity contribution in [2.24, 2.45) is 10.2 Å². The first-order chi connectivity index (χ1) is 8.72. The highest BCUT2D eigenvalue weighted by molar-refractivity contribution is 6.31. The lowest BCUT2D eigenvalue weighted by Crippen LogP contribution is -2.11. The first-order valence-electron chi connectivity index (χ1n) is 5.52. The largest absolute Gasteiger partial charge is 0.335 e. The van der Waals surface area contributed by atoms with Crippen molar-refractivity contribution in [2.75, 3.05) is 5.84 Å². The summed E-state index contributed by atoms with van der Waals surface area (Å²) in [7, 11) is 0. The number of rotatable bonds is 4. The Hall–Kier alpha value is -1.95. The Morgan fingerprint density at radius 1 is 1.33 bits per heavy atom. The lowest BCUT2D eigenvalue weighted by Gasteiger charge is -1.98. The molecule has 2 aromatic rings. The highest BCUT2D eigenvalue weighted by Crippen LogP contribution is 2.16. The molecule has 1 aromatic carbocycles. The van der Waals surface area contributed by atoms with Crippen LogP contribution in [0.25, 0.3) is 0 Å². The molecule has 0 saturated carbocycles. The quantitative estimate of drug-likeness (QED) is 0.680. The molecule has 1 aromatic heterocycles. The van der Waals surface area contributed by atoms with Crippen molar-refractivity contribution in [3.63, 3.8) is 0 Å². The Morgan fingerprint density at radius 2 is 2.11 bits per heavy atom. The van der Waals surface area contributed by atoms with Gasteiger partial charge in [0, 0.05) is 11.4 Å². The van der Waals surface area contributed by atoms with Gasteiger partial charge in [-0.1, -0.05) is 36.7 Å². The van der Waals surface area contributed by atoms with Crippen LogP contribution in [0.1, 0.15) is 18.3 Å². The smallest absolute Gasteiger partial charge is 0.288 e. The van der Waals surface area contributed by atoms with E-state index in [4.69, 9.17) is 17.4 Å². The fourth-order valence-electron chi connectivity index (χ4n) is 1.42. The van der Waals surface area contributed by atoms with Crippen LogP contribution >= 0.6 is 11.6 Å². The maximum Gasteiger partial charge on any atom is 0.288 e. The van der Waals surface area contributed by atoms with Crippen molar-refractivity contribution >= 4 is 17.5 Å². The topological polar surface area (TPSA) is 81.5 Å². The molecule has 0 radical (unpaired) electrons. The normalized spacial score (nSPS) is 11.2. The van der Waals surface area contributed by atoms with Gasteiger partial charge < -0.3 is 5.84 Å². The molecule has 6 nitrogen and oxygen atoms in total. The fourth-order valence-corrected chi connectivity index (χ4v) is 1.62. The van der Waals surface area contributed by atoms with Crippen molar-refractivity contribution < 1.29 is 0 Å². The first kappa shape index (κ1) is 12.5. The number of hydrogen-bond donors (Lipinski definition) is 1. The molecule has 0 spiro atoms. The molecule has 0 atom stereocenters. The van der Waals surface area contributed by atoms with Gasteiger partial charge in [0.15, 0.2) is 5.82 Å². The molecule has 1 heterocycles. The third-order valence-corrected chi connectivity index (χ3v) is 2.79. The maximum atomic E-state index is 6.00. The molecule has 2 rings (SSSR count). The second kappa shape index (κ2) is 5.59. The molecule has 7 heteroatoms. The number of nitrogens with two attached hydrogens (primary N) is 1. The zero-order chi connectivity index (χ0) is 13.0. The molecule has 0 aliphatic carbocycles. The summed E-state index contributed by atoms with van der Waals surface area (Å²) >= 11 is 6.00. The number of azo groups is 1. The monoisotopic (exact) mass is 264 g/mol. The van der Waals surface area contributed by atoms with Crippen LogP contribution in [0.2, 0.25) is 5.02 Å². The van der Waals surface area contributed by atoms with Crippen molar-refractivity contribution in [3.8, 4) is 0 Å². The zero-order valence-electron chi connectivity index (χ0n) is 9.91. The minimum absolute atomic E-state index is 0.291. The van der Waals surface area contributed by atoms with Crippen molar-refractivity contribution in [2.45, 2.75) is 19.9 Å². The van der Waals surface area contributed by atoms with Gasteiger partial charge in [0.2, 0.25) is 0 Å². The number of aromatic nitrogens is 3. The molecule has 18 heavy (non-hydrogen) atoms. The van der Waals surface area contributed by atoms with Gasteiger partial charge in [0.05, 0.1) is 6.54 Å². The van der Waals surface area contributed by atoms with E-state index in [2.05, 4.69) is 20.4 Å². The third-order valence-electron chi connectivity index (χ3n) is 2.42. The number of nitrogen functional groups attached to an aromatic ring is 1. The van der Waals surface area contributed by atoms with Gasteiger partial charge in [-0.25, -0.2) is 4.68 Å². The van der Waals surface area contributed by atoms with E-state index in [1.54, 1.807) is 0 Å². The van der Waals surface area contributed by atoms with E-state index in [1.165, 1.54) is 4.68 Å². The molecule has 0 bridgehead atoms. The second-order valence-corrected chi connectivity index (χ2v) is 4.04. The Kier molecular flexibility index (Phi) is 3.88. The van der Waals surface area contributed by atoms with Gasteiger partial charge in [-0.3, -0.25) is 0 Å². The summed E-state index contributed by atoms with van der Waals surface area (Å²) in [6, 6.07) is 7.48. The number of benzene rings is 1. The lowest BCUT2D eigenvalue weighted by atomic mass is 10.2. The van der Waals surface area contributed by atoms with Gasteiger partial charge in [0.25, 0.3) is 5.95 Å². The summed E-state index contributed by atoms with van der Waals surface area (Å²) in [5.41, 5.74) is 0.904. The average molecular weight is 265 g/mol. The van der Waals surface area contributed by atoms with Crippen LogP contribution in [-0.2, 0) is 13.0 Å². The minimum atomic E-state index is 0.291. The first-order valence-corrected chi connectivity index (χ1v) is 5.90. The molecule has 2 N–H and O–H groups in total. The van der Waals surface area contributed by atoms with E-state index in [-0.39, 0.29) is 0 Å².